The van der Waals surface area contributed by atoms with Crippen molar-refractivity contribution in [1.29, 1.82) is 0 Å². The lowest BCUT2D eigenvalue weighted by Gasteiger charge is -2.27. The van der Waals surface area contributed by atoms with E-state index in [-0.39, 0.29) is 18.1 Å². The third-order valence-corrected chi connectivity index (χ3v) is 7.09. The van der Waals surface area contributed by atoms with Crippen LogP contribution in [0, 0.1) is 11.8 Å². The van der Waals surface area contributed by atoms with Gasteiger partial charge in [0.05, 0.1) is 18.2 Å². The number of unbranched alkanes of at least 4 members (excludes halogenated alkanes) is 5. The molecule has 1 fully saturated rings. The Morgan fingerprint density at radius 1 is 1.11 bits per heavy atom. The molecule has 0 aliphatic heterocycles. The zero-order valence-corrected chi connectivity index (χ0v) is 23.7. The summed E-state index contributed by atoms with van der Waals surface area (Å²) in [5.74, 6) is -1.13. The van der Waals surface area contributed by atoms with E-state index >= 15 is 0 Å². The number of aliphatic imine (C=N–C) groups is 1. The molecule has 0 aromatic rings. The number of aliphatic hydroxyl groups is 1. The highest BCUT2D eigenvalue weighted by Crippen LogP contribution is 2.33. The van der Waals surface area contributed by atoms with E-state index in [0.29, 0.717) is 18.3 Å². The van der Waals surface area contributed by atoms with Crippen molar-refractivity contribution in [1.82, 2.24) is 5.32 Å². The van der Waals surface area contributed by atoms with E-state index in [1.807, 2.05) is 6.08 Å². The molecule has 1 rings (SSSR count). The van der Waals surface area contributed by atoms with Crippen molar-refractivity contribution in [3.05, 3.63) is 35.5 Å². The van der Waals surface area contributed by atoms with Crippen LogP contribution in [-0.2, 0) is 9.59 Å². The molecule has 38 heavy (non-hydrogen) atoms. The Hall–Kier alpha value is -2.61. The summed E-state index contributed by atoms with van der Waals surface area (Å²) in [7, 11) is 0. The maximum absolute atomic E-state index is 12.0. The van der Waals surface area contributed by atoms with Gasteiger partial charge in [0, 0.05) is 0 Å². The lowest BCUT2D eigenvalue weighted by atomic mass is 9.79. The molecule has 216 valence electrons. The lowest BCUT2D eigenvalue weighted by Crippen LogP contribution is -2.43. The second-order valence-corrected chi connectivity index (χ2v) is 10.6. The van der Waals surface area contributed by atoms with Gasteiger partial charge in [0.2, 0.25) is 0 Å². The standard InChI is InChI=1S/C30H51N3O5/c1-4-6-8-10-14-24(20-23-15-12-13-22(3)19-23)21-26(29(37)38)33-30(31)32-18-17-25(28(35)36)27(34)16-11-9-7-5-2/h10,14,17,21-23,26-27,34H,4-9,11-13,15-16,18-20H2,1-3H3,(H,35,36)(H,37,38)(H3,31,32,33)/b14-10+,24-21+,25-17-. The number of nitrogens with zero attached hydrogens (tertiary/aromatic N) is 1. The number of hydrogen-bond donors (Lipinski definition) is 5. The van der Waals surface area contributed by atoms with Crippen LogP contribution < -0.4 is 11.1 Å². The number of hydrogen-bond acceptors (Lipinski definition) is 4. The van der Waals surface area contributed by atoms with Gasteiger partial charge in [-0.05, 0) is 55.2 Å². The molecule has 0 radical (unpaired) electrons. The number of rotatable bonds is 18. The summed E-state index contributed by atoms with van der Waals surface area (Å²) >= 11 is 0. The first-order valence-corrected chi connectivity index (χ1v) is 14.5. The van der Waals surface area contributed by atoms with Gasteiger partial charge < -0.3 is 26.4 Å². The third kappa shape index (κ3) is 14.4. The van der Waals surface area contributed by atoms with Crippen LogP contribution in [0.5, 0.6) is 0 Å². The normalized spacial score (nSPS) is 20.9. The molecule has 0 heterocycles. The second-order valence-electron chi connectivity index (χ2n) is 10.6. The molecule has 0 saturated heterocycles. The van der Waals surface area contributed by atoms with Crippen molar-refractivity contribution < 1.29 is 24.9 Å². The van der Waals surface area contributed by atoms with Gasteiger partial charge >= 0.3 is 11.9 Å². The summed E-state index contributed by atoms with van der Waals surface area (Å²) in [6.07, 6.45) is 19.0. The molecule has 0 aromatic heterocycles. The molecule has 6 N–H and O–H groups in total. The topological polar surface area (TPSA) is 145 Å². The van der Waals surface area contributed by atoms with Crippen molar-refractivity contribution in [2.75, 3.05) is 6.54 Å². The highest BCUT2D eigenvalue weighted by atomic mass is 16.4. The number of aliphatic hydroxyl groups excluding tert-OH is 1. The number of carboxylic acid groups (broad SMARTS) is 2. The first kappa shape index (κ1) is 33.4. The van der Waals surface area contributed by atoms with E-state index in [1.165, 1.54) is 18.9 Å². The van der Waals surface area contributed by atoms with E-state index in [2.05, 4.69) is 37.2 Å². The van der Waals surface area contributed by atoms with E-state index in [4.69, 9.17) is 5.73 Å². The number of nitrogens with two attached hydrogens (primary N) is 1. The lowest BCUT2D eigenvalue weighted by molar-refractivity contribution is -0.138. The number of carboxylic acids is 2. The Labute approximate surface area is 229 Å². The van der Waals surface area contributed by atoms with Crippen LogP contribution in [0.3, 0.4) is 0 Å². The average Bonchev–Trinajstić information content (AvgIpc) is 2.86. The molecule has 8 nitrogen and oxygen atoms in total. The predicted octanol–water partition coefficient (Wildman–Crippen LogP) is 5.58. The van der Waals surface area contributed by atoms with Gasteiger partial charge in [-0.15, -0.1) is 0 Å². The SMILES string of the molecule is CCCC/C=C/C(=C\C(NC(N)=NC/C=C(\C(=O)O)C(O)CCCCCC)C(=O)O)CC1CCCC(C)C1. The van der Waals surface area contributed by atoms with Crippen LogP contribution in [0.15, 0.2) is 40.4 Å². The predicted molar refractivity (Wildman–Crippen MR) is 154 cm³/mol. The summed E-state index contributed by atoms with van der Waals surface area (Å²) in [6, 6.07) is -1.06. The molecule has 1 aliphatic carbocycles. The molecule has 4 unspecified atom stereocenters. The van der Waals surface area contributed by atoms with Crippen molar-refractivity contribution >= 4 is 17.9 Å². The largest absolute Gasteiger partial charge is 0.479 e. The number of nitrogens with one attached hydrogen (secondary N) is 1. The number of allylic oxidation sites excluding steroid dienone is 3. The van der Waals surface area contributed by atoms with E-state index in [1.54, 1.807) is 6.08 Å². The summed E-state index contributed by atoms with van der Waals surface area (Å²) in [4.78, 5) is 27.7. The highest BCUT2D eigenvalue weighted by Gasteiger charge is 2.22. The summed E-state index contributed by atoms with van der Waals surface area (Å²) in [5, 5.41) is 32.3. The molecule has 0 spiro atoms. The minimum Gasteiger partial charge on any atom is -0.479 e. The quantitative estimate of drug-likeness (QED) is 0.0508. The van der Waals surface area contributed by atoms with E-state index < -0.39 is 24.1 Å². The molecular weight excluding hydrogens is 482 g/mol. The van der Waals surface area contributed by atoms with Gasteiger partial charge in [0.25, 0.3) is 0 Å². The summed E-state index contributed by atoms with van der Waals surface area (Å²) in [5.41, 5.74) is 6.83. The molecule has 0 bridgehead atoms. The summed E-state index contributed by atoms with van der Waals surface area (Å²) < 4.78 is 0. The fourth-order valence-electron chi connectivity index (χ4n) is 4.95. The Bertz CT molecular complexity index is 834. The molecule has 1 aliphatic rings. The smallest absolute Gasteiger partial charge is 0.333 e. The Kier molecular flexibility index (Phi) is 17.1. The molecule has 8 heteroatoms. The monoisotopic (exact) mass is 533 g/mol. The maximum Gasteiger partial charge on any atom is 0.333 e. The van der Waals surface area contributed by atoms with Gasteiger partial charge in [-0.3, -0.25) is 0 Å². The number of carbonyl (C=O) groups is 2. The molecule has 4 atom stereocenters. The highest BCUT2D eigenvalue weighted by molar-refractivity contribution is 5.88. The second kappa shape index (κ2) is 19.5. The van der Waals surface area contributed by atoms with Crippen LogP contribution in [0.2, 0.25) is 0 Å². The molecule has 0 amide bonds. The molecule has 1 saturated carbocycles. The fourth-order valence-corrected chi connectivity index (χ4v) is 4.95. The van der Waals surface area contributed by atoms with Crippen molar-refractivity contribution in [2.24, 2.45) is 22.6 Å². The van der Waals surface area contributed by atoms with Crippen molar-refractivity contribution in [2.45, 2.75) is 116 Å². The van der Waals surface area contributed by atoms with Crippen LogP contribution in [0.1, 0.15) is 104 Å². The minimum atomic E-state index is -1.20. The zero-order chi connectivity index (χ0) is 28.3. The van der Waals surface area contributed by atoms with Gasteiger partial charge in [-0.2, -0.15) is 0 Å². The average molecular weight is 534 g/mol. The Balaban J connectivity index is 2.92. The van der Waals surface area contributed by atoms with E-state index in [9.17, 15) is 24.9 Å². The zero-order valence-electron chi connectivity index (χ0n) is 23.7. The Morgan fingerprint density at radius 2 is 1.84 bits per heavy atom. The van der Waals surface area contributed by atoms with Gasteiger partial charge in [-0.1, -0.05) is 90.7 Å². The van der Waals surface area contributed by atoms with Gasteiger partial charge in [-0.25, -0.2) is 14.6 Å². The number of guanidine groups is 1. The van der Waals surface area contributed by atoms with Gasteiger partial charge in [0.1, 0.15) is 6.04 Å². The minimum absolute atomic E-state index is 0.0771. The van der Waals surface area contributed by atoms with Crippen molar-refractivity contribution in [3.63, 3.8) is 0 Å². The van der Waals surface area contributed by atoms with Crippen LogP contribution in [0.4, 0.5) is 0 Å². The third-order valence-electron chi connectivity index (χ3n) is 7.09. The Morgan fingerprint density at radius 3 is 2.47 bits per heavy atom. The number of aliphatic carboxylic acids is 2. The summed E-state index contributed by atoms with van der Waals surface area (Å²) in [6.45, 7) is 6.43. The van der Waals surface area contributed by atoms with Crippen molar-refractivity contribution in [3.8, 4) is 0 Å². The molecular formula is C30H51N3O5. The van der Waals surface area contributed by atoms with Crippen LogP contribution in [-0.4, -0.2) is 51.9 Å². The van der Waals surface area contributed by atoms with Crippen LogP contribution in [0.25, 0.3) is 0 Å². The van der Waals surface area contributed by atoms with Gasteiger partial charge in [0.15, 0.2) is 5.96 Å². The van der Waals surface area contributed by atoms with Crippen LogP contribution >= 0.6 is 0 Å². The maximum atomic E-state index is 12.0. The first-order chi connectivity index (χ1) is 18.2. The molecule has 0 aromatic carbocycles. The first-order valence-electron chi connectivity index (χ1n) is 14.5. The fraction of sp³-hybridized carbons (Fsp3) is 0.700. The van der Waals surface area contributed by atoms with E-state index in [0.717, 1.165) is 69.8 Å².